The van der Waals surface area contributed by atoms with Crippen LogP contribution in [0.2, 0.25) is 0 Å². The van der Waals surface area contributed by atoms with Crippen molar-refractivity contribution in [2.24, 2.45) is 0 Å². The van der Waals surface area contributed by atoms with Gasteiger partial charge in [-0.3, -0.25) is 14.3 Å². The van der Waals surface area contributed by atoms with Crippen LogP contribution >= 0.6 is 11.8 Å². The van der Waals surface area contributed by atoms with Gasteiger partial charge in [0.1, 0.15) is 5.82 Å². The fourth-order valence-electron chi connectivity index (χ4n) is 3.25. The number of hydrogen-bond acceptors (Lipinski definition) is 5. The molecule has 7 heteroatoms. The van der Waals surface area contributed by atoms with Gasteiger partial charge in [0.2, 0.25) is 0 Å². The molecule has 1 aliphatic rings. The summed E-state index contributed by atoms with van der Waals surface area (Å²) in [6, 6.07) is 12.1. The maximum atomic E-state index is 14.2. The van der Waals surface area contributed by atoms with Crippen molar-refractivity contribution in [2.45, 2.75) is 12.1 Å². The van der Waals surface area contributed by atoms with E-state index in [-0.39, 0.29) is 11.4 Å². The van der Waals surface area contributed by atoms with Crippen LogP contribution in [0.1, 0.15) is 5.56 Å². The molecule has 0 spiro atoms. The van der Waals surface area contributed by atoms with E-state index in [1.165, 1.54) is 22.4 Å². The predicted molar refractivity (Wildman–Crippen MR) is 110 cm³/mol. The Morgan fingerprint density at radius 1 is 1.18 bits per heavy atom. The number of halogens is 1. The Hall–Kier alpha value is -2.22. The maximum absolute atomic E-state index is 14.2. The quantitative estimate of drug-likeness (QED) is 0.487. The number of aromatic nitrogens is 2. The highest BCUT2D eigenvalue weighted by molar-refractivity contribution is 7.99. The predicted octanol–water partition coefficient (Wildman–Crippen LogP) is 3.26. The van der Waals surface area contributed by atoms with Gasteiger partial charge in [-0.2, -0.15) is 0 Å². The molecule has 146 valence electrons. The highest BCUT2D eigenvalue weighted by Gasteiger charge is 2.15. The number of hydrogen-bond donors (Lipinski definition) is 0. The maximum Gasteiger partial charge on any atom is 0.266 e. The second kappa shape index (κ2) is 8.43. The van der Waals surface area contributed by atoms with E-state index in [1.54, 1.807) is 25.1 Å². The van der Waals surface area contributed by atoms with Crippen LogP contribution in [0.15, 0.2) is 52.4 Å². The molecule has 4 rings (SSSR count). The van der Waals surface area contributed by atoms with Gasteiger partial charge in [0.25, 0.3) is 5.56 Å². The highest BCUT2D eigenvalue weighted by Crippen LogP contribution is 2.22. The summed E-state index contributed by atoms with van der Waals surface area (Å²) in [5.74, 6) is 0.459. The molecule has 0 radical (unpaired) electrons. The Balaban J connectivity index is 1.70. The van der Waals surface area contributed by atoms with Crippen LogP contribution in [0.25, 0.3) is 16.6 Å². The molecule has 1 aliphatic heterocycles. The smallest absolute Gasteiger partial charge is 0.266 e. The number of benzene rings is 2. The van der Waals surface area contributed by atoms with E-state index in [1.807, 2.05) is 18.2 Å². The molecule has 2 aromatic carbocycles. The average molecular weight is 399 g/mol. The molecule has 0 atom stereocenters. The van der Waals surface area contributed by atoms with Crippen molar-refractivity contribution in [1.82, 2.24) is 14.5 Å². The first-order valence-corrected chi connectivity index (χ1v) is 10.3. The van der Waals surface area contributed by atoms with E-state index in [4.69, 9.17) is 9.72 Å². The van der Waals surface area contributed by atoms with E-state index in [9.17, 15) is 9.18 Å². The lowest BCUT2D eigenvalue weighted by molar-refractivity contribution is 0.0410. The number of para-hydroxylation sites is 1. The molecule has 2 heterocycles. The molecule has 0 aliphatic carbocycles. The van der Waals surface area contributed by atoms with Gasteiger partial charge in [0.05, 0.1) is 29.8 Å². The summed E-state index contributed by atoms with van der Waals surface area (Å²) in [4.78, 5) is 20.2. The zero-order valence-corrected chi connectivity index (χ0v) is 16.5. The van der Waals surface area contributed by atoms with Gasteiger partial charge in [-0.25, -0.2) is 9.37 Å². The van der Waals surface area contributed by atoms with E-state index in [0.717, 1.165) is 38.6 Å². The molecule has 3 aromatic rings. The number of fused-ring (bicyclic) bond motifs is 1. The van der Waals surface area contributed by atoms with Crippen LogP contribution in [0.4, 0.5) is 4.39 Å². The minimum atomic E-state index is -0.332. The Kier molecular flexibility index (Phi) is 5.75. The zero-order chi connectivity index (χ0) is 19.5. The molecule has 0 amide bonds. The second-order valence-electron chi connectivity index (χ2n) is 6.79. The van der Waals surface area contributed by atoms with Crippen LogP contribution in [0.3, 0.4) is 0 Å². The molecule has 1 aromatic heterocycles. The molecule has 28 heavy (non-hydrogen) atoms. The van der Waals surface area contributed by atoms with Gasteiger partial charge in [-0.1, -0.05) is 30.0 Å². The van der Waals surface area contributed by atoms with E-state index >= 15 is 0 Å². The van der Waals surface area contributed by atoms with E-state index < -0.39 is 0 Å². The van der Waals surface area contributed by atoms with Crippen LogP contribution < -0.4 is 5.56 Å². The summed E-state index contributed by atoms with van der Waals surface area (Å²) < 4.78 is 21.1. The van der Waals surface area contributed by atoms with Crippen molar-refractivity contribution in [1.29, 1.82) is 0 Å². The standard InChI is InChI=1S/C21H22FN3O2S/c1-15-6-7-16(14-18(15)22)25-20(26)17-4-2-3-5-19(17)23-21(25)28-13-10-24-8-11-27-12-9-24/h2-7,14H,8-13H2,1H3. The largest absolute Gasteiger partial charge is 0.379 e. The third-order valence-electron chi connectivity index (χ3n) is 4.90. The van der Waals surface area contributed by atoms with Crippen molar-refractivity contribution in [3.63, 3.8) is 0 Å². The first-order chi connectivity index (χ1) is 13.6. The molecule has 0 unspecified atom stereocenters. The van der Waals surface area contributed by atoms with Gasteiger partial charge >= 0.3 is 0 Å². The van der Waals surface area contributed by atoms with Gasteiger partial charge in [0, 0.05) is 25.4 Å². The van der Waals surface area contributed by atoms with Crippen molar-refractivity contribution >= 4 is 22.7 Å². The van der Waals surface area contributed by atoms with Gasteiger partial charge in [-0.15, -0.1) is 0 Å². The van der Waals surface area contributed by atoms with E-state index in [2.05, 4.69) is 4.90 Å². The van der Waals surface area contributed by atoms with Crippen LogP contribution in [0, 0.1) is 12.7 Å². The summed E-state index contributed by atoms with van der Waals surface area (Å²) in [6.07, 6.45) is 0. The highest BCUT2D eigenvalue weighted by atomic mass is 32.2. The topological polar surface area (TPSA) is 47.4 Å². The molecule has 5 nitrogen and oxygen atoms in total. The summed E-state index contributed by atoms with van der Waals surface area (Å²) >= 11 is 1.52. The fourth-order valence-corrected chi connectivity index (χ4v) is 4.26. The third-order valence-corrected chi connectivity index (χ3v) is 5.82. The Morgan fingerprint density at radius 3 is 2.75 bits per heavy atom. The van der Waals surface area contributed by atoms with Crippen molar-refractivity contribution in [2.75, 3.05) is 38.6 Å². The second-order valence-corrected chi connectivity index (χ2v) is 7.85. The number of morpholine rings is 1. The monoisotopic (exact) mass is 399 g/mol. The zero-order valence-electron chi connectivity index (χ0n) is 15.7. The third kappa shape index (κ3) is 3.97. The van der Waals surface area contributed by atoms with Crippen molar-refractivity contribution < 1.29 is 9.13 Å². The van der Waals surface area contributed by atoms with Crippen LogP contribution in [-0.2, 0) is 4.74 Å². The Labute approximate surface area is 167 Å². The number of aryl methyl sites for hydroxylation is 1. The normalized spacial score (nSPS) is 15.2. The molecule has 0 N–H and O–H groups in total. The van der Waals surface area contributed by atoms with Crippen molar-refractivity contribution in [3.8, 4) is 5.69 Å². The first kappa shape index (κ1) is 19.1. The number of rotatable bonds is 5. The SMILES string of the molecule is Cc1ccc(-n2c(SCCN3CCOCC3)nc3ccccc3c2=O)cc1F. The lowest BCUT2D eigenvalue weighted by Gasteiger charge is -2.26. The van der Waals surface area contributed by atoms with Crippen LogP contribution in [-0.4, -0.2) is 53.1 Å². The first-order valence-electron chi connectivity index (χ1n) is 9.35. The van der Waals surface area contributed by atoms with E-state index in [0.29, 0.717) is 27.3 Å². The minimum absolute atomic E-state index is 0.178. The van der Waals surface area contributed by atoms with Gasteiger partial charge in [-0.05, 0) is 36.8 Å². The number of thioether (sulfide) groups is 1. The van der Waals surface area contributed by atoms with Gasteiger partial charge in [0.15, 0.2) is 5.16 Å². The van der Waals surface area contributed by atoms with Crippen LogP contribution in [0.5, 0.6) is 0 Å². The minimum Gasteiger partial charge on any atom is -0.379 e. The summed E-state index contributed by atoms with van der Waals surface area (Å²) in [5, 5.41) is 1.11. The molecule has 0 saturated carbocycles. The summed E-state index contributed by atoms with van der Waals surface area (Å²) in [7, 11) is 0. The fraction of sp³-hybridized carbons (Fsp3) is 0.333. The van der Waals surface area contributed by atoms with Crippen molar-refractivity contribution in [3.05, 3.63) is 64.2 Å². The summed E-state index contributed by atoms with van der Waals surface area (Å²) in [5.41, 5.74) is 1.53. The number of nitrogens with zero attached hydrogens (tertiary/aromatic N) is 3. The molecule has 0 bridgehead atoms. The van der Waals surface area contributed by atoms with Gasteiger partial charge < -0.3 is 4.74 Å². The Bertz CT molecular complexity index is 1050. The molecule has 1 saturated heterocycles. The molecular weight excluding hydrogens is 377 g/mol. The molecule has 1 fully saturated rings. The average Bonchev–Trinajstić information content (AvgIpc) is 2.71. The Morgan fingerprint density at radius 2 is 1.96 bits per heavy atom. The lowest BCUT2D eigenvalue weighted by atomic mass is 10.2. The number of ether oxygens (including phenoxy) is 1. The summed E-state index contributed by atoms with van der Waals surface area (Å²) in [6.45, 7) is 5.94. The molecular formula is C21H22FN3O2S. The lowest BCUT2D eigenvalue weighted by Crippen LogP contribution is -2.37.